The third kappa shape index (κ3) is 2.80. The number of sulfonamides is 1. The first kappa shape index (κ1) is 13.1. The summed E-state index contributed by atoms with van der Waals surface area (Å²) in [4.78, 5) is 0. The lowest BCUT2D eigenvalue weighted by atomic mass is 10.3. The molecule has 90 valence electrons. The Hall–Kier alpha value is -0.940. The molecule has 16 heavy (non-hydrogen) atoms. The van der Waals surface area contributed by atoms with Gasteiger partial charge in [0.05, 0.1) is 15.5 Å². The molecule has 3 N–H and O–H groups in total. The monoisotopic (exact) mass is 262 g/mol. The summed E-state index contributed by atoms with van der Waals surface area (Å²) < 4.78 is 25.3. The summed E-state index contributed by atoms with van der Waals surface area (Å²) in [6, 6.07) is 4.63. The Morgan fingerprint density at radius 3 is 2.31 bits per heavy atom. The van der Waals surface area contributed by atoms with Crippen LogP contribution in [0.5, 0.6) is 0 Å². The van der Waals surface area contributed by atoms with Crippen LogP contribution in [0.15, 0.2) is 18.2 Å². The average Bonchev–Trinajstić information content (AvgIpc) is 2.08. The van der Waals surface area contributed by atoms with Crippen molar-refractivity contribution in [3.63, 3.8) is 0 Å². The van der Waals surface area contributed by atoms with E-state index < -0.39 is 14.8 Å². The molecule has 0 saturated heterocycles. The lowest BCUT2D eigenvalue weighted by Crippen LogP contribution is -2.33. The number of hydrogen-bond acceptors (Lipinski definition) is 3. The van der Waals surface area contributed by atoms with Crippen LogP contribution >= 0.6 is 11.6 Å². The van der Waals surface area contributed by atoms with E-state index in [1.165, 1.54) is 6.07 Å². The van der Waals surface area contributed by atoms with E-state index in [0.717, 1.165) is 0 Å². The number of benzene rings is 1. The number of nitrogens with two attached hydrogens (primary N) is 1. The Labute approximate surface area is 101 Å². The maximum atomic E-state index is 11.9. The minimum atomic E-state index is -3.46. The molecular formula is C10H15ClN2O2S. The van der Waals surface area contributed by atoms with Crippen molar-refractivity contribution < 1.29 is 8.42 Å². The molecule has 0 saturated carbocycles. The van der Waals surface area contributed by atoms with Gasteiger partial charge >= 0.3 is 0 Å². The second kappa shape index (κ2) is 4.14. The predicted molar refractivity (Wildman–Crippen MR) is 68.2 cm³/mol. The normalized spacial score (nSPS) is 12.5. The van der Waals surface area contributed by atoms with Crippen LogP contribution in [0, 0.1) is 0 Å². The van der Waals surface area contributed by atoms with Gasteiger partial charge in [0.25, 0.3) is 0 Å². The van der Waals surface area contributed by atoms with Gasteiger partial charge in [0, 0.05) is 5.69 Å². The fourth-order valence-corrected chi connectivity index (χ4v) is 1.98. The molecule has 0 fully saturated rings. The van der Waals surface area contributed by atoms with E-state index in [9.17, 15) is 8.42 Å². The highest BCUT2D eigenvalue weighted by atomic mass is 35.5. The summed E-state index contributed by atoms with van der Waals surface area (Å²) in [6.07, 6.45) is 0. The molecule has 0 heterocycles. The van der Waals surface area contributed by atoms with Gasteiger partial charge in [-0.25, -0.2) is 8.42 Å². The van der Waals surface area contributed by atoms with Crippen molar-refractivity contribution in [1.29, 1.82) is 0 Å². The molecule has 0 spiro atoms. The first-order chi connectivity index (χ1) is 7.13. The summed E-state index contributed by atoms with van der Waals surface area (Å²) in [6.45, 7) is 4.83. The number of nitrogens with one attached hydrogen (secondary N) is 1. The smallest absolute Gasteiger partial charge is 0.237 e. The second-order valence-electron chi connectivity index (χ2n) is 4.46. The van der Waals surface area contributed by atoms with Gasteiger partial charge in [-0.3, -0.25) is 4.72 Å². The van der Waals surface area contributed by atoms with Crippen molar-refractivity contribution in [3.8, 4) is 0 Å². The van der Waals surface area contributed by atoms with Crippen LogP contribution in [-0.4, -0.2) is 13.2 Å². The summed E-state index contributed by atoms with van der Waals surface area (Å²) in [5.41, 5.74) is 6.34. The lowest BCUT2D eigenvalue weighted by Gasteiger charge is -2.20. The maximum Gasteiger partial charge on any atom is 0.237 e. The van der Waals surface area contributed by atoms with Crippen LogP contribution in [0.2, 0.25) is 5.02 Å². The minimum absolute atomic E-state index is 0.285. The zero-order valence-corrected chi connectivity index (χ0v) is 11.0. The van der Waals surface area contributed by atoms with E-state index in [1.54, 1.807) is 32.9 Å². The molecule has 6 heteroatoms. The highest BCUT2D eigenvalue weighted by Crippen LogP contribution is 2.27. The fraction of sp³-hybridized carbons (Fsp3) is 0.400. The maximum absolute atomic E-state index is 11.9. The number of hydrogen-bond donors (Lipinski definition) is 2. The first-order valence-corrected chi connectivity index (χ1v) is 6.57. The zero-order valence-electron chi connectivity index (χ0n) is 9.41. The molecular weight excluding hydrogens is 248 g/mol. The van der Waals surface area contributed by atoms with Gasteiger partial charge in [-0.1, -0.05) is 11.6 Å². The Bertz CT molecular complexity index is 492. The van der Waals surface area contributed by atoms with Crippen LogP contribution in [0.3, 0.4) is 0 Å². The Balaban J connectivity index is 3.07. The van der Waals surface area contributed by atoms with Crippen LogP contribution in [0.25, 0.3) is 0 Å². The summed E-state index contributed by atoms with van der Waals surface area (Å²) in [5.74, 6) is 0. The lowest BCUT2D eigenvalue weighted by molar-refractivity contribution is 0.566. The fourth-order valence-electron chi connectivity index (χ4n) is 0.912. The number of halogens is 1. The molecule has 0 aromatic heterocycles. The van der Waals surface area contributed by atoms with Crippen molar-refractivity contribution in [1.82, 2.24) is 0 Å². The number of nitrogen functional groups attached to an aromatic ring is 1. The highest BCUT2D eigenvalue weighted by molar-refractivity contribution is 7.94. The van der Waals surface area contributed by atoms with Gasteiger partial charge in [-0.15, -0.1) is 0 Å². The Kier molecular flexibility index (Phi) is 3.40. The van der Waals surface area contributed by atoms with E-state index in [2.05, 4.69) is 4.72 Å². The van der Waals surface area contributed by atoms with Gasteiger partial charge in [0.15, 0.2) is 0 Å². The minimum Gasteiger partial charge on any atom is -0.399 e. The van der Waals surface area contributed by atoms with Gasteiger partial charge in [-0.2, -0.15) is 0 Å². The molecule has 0 aliphatic rings. The van der Waals surface area contributed by atoms with E-state index in [-0.39, 0.29) is 5.02 Å². The molecule has 0 amide bonds. The zero-order chi connectivity index (χ0) is 12.6. The van der Waals surface area contributed by atoms with Gasteiger partial charge < -0.3 is 5.73 Å². The molecule has 1 aromatic carbocycles. The highest BCUT2D eigenvalue weighted by Gasteiger charge is 2.29. The molecule has 0 unspecified atom stereocenters. The molecule has 0 bridgehead atoms. The van der Waals surface area contributed by atoms with E-state index in [0.29, 0.717) is 11.4 Å². The van der Waals surface area contributed by atoms with Crippen molar-refractivity contribution >= 4 is 33.0 Å². The summed E-state index contributed by atoms with van der Waals surface area (Å²) >= 11 is 5.88. The largest absolute Gasteiger partial charge is 0.399 e. The molecule has 0 aliphatic carbocycles. The molecule has 0 radical (unpaired) electrons. The van der Waals surface area contributed by atoms with Gasteiger partial charge in [-0.05, 0) is 39.0 Å². The van der Waals surface area contributed by atoms with Crippen molar-refractivity contribution in [2.24, 2.45) is 0 Å². The second-order valence-corrected chi connectivity index (χ2v) is 7.30. The van der Waals surface area contributed by atoms with Crippen LogP contribution < -0.4 is 10.5 Å². The predicted octanol–water partition coefficient (Wildman–Crippen LogP) is 2.46. The molecule has 4 nitrogen and oxygen atoms in total. The van der Waals surface area contributed by atoms with Crippen molar-refractivity contribution in [2.45, 2.75) is 25.5 Å². The van der Waals surface area contributed by atoms with E-state index >= 15 is 0 Å². The first-order valence-electron chi connectivity index (χ1n) is 4.71. The molecule has 0 aliphatic heterocycles. The third-order valence-corrected chi connectivity index (χ3v) is 4.46. The van der Waals surface area contributed by atoms with Crippen molar-refractivity contribution in [2.75, 3.05) is 10.5 Å². The number of anilines is 2. The van der Waals surface area contributed by atoms with Crippen LogP contribution in [0.1, 0.15) is 20.8 Å². The molecule has 1 rings (SSSR count). The van der Waals surface area contributed by atoms with Gasteiger partial charge in [0.2, 0.25) is 10.0 Å². The van der Waals surface area contributed by atoms with Gasteiger partial charge in [0.1, 0.15) is 0 Å². The number of rotatable bonds is 2. The Morgan fingerprint density at radius 1 is 1.31 bits per heavy atom. The summed E-state index contributed by atoms with van der Waals surface area (Å²) in [5, 5.41) is 0.285. The average molecular weight is 263 g/mol. The van der Waals surface area contributed by atoms with Crippen LogP contribution in [0.4, 0.5) is 11.4 Å². The topological polar surface area (TPSA) is 72.2 Å². The molecule has 0 atom stereocenters. The quantitative estimate of drug-likeness (QED) is 0.804. The third-order valence-electron chi connectivity index (χ3n) is 2.04. The Morgan fingerprint density at radius 2 is 1.88 bits per heavy atom. The SMILES string of the molecule is CC(C)(C)S(=O)(=O)Nc1ccc(N)cc1Cl. The summed E-state index contributed by atoms with van der Waals surface area (Å²) in [7, 11) is -3.46. The van der Waals surface area contributed by atoms with E-state index in [4.69, 9.17) is 17.3 Å². The van der Waals surface area contributed by atoms with E-state index in [1.807, 2.05) is 0 Å². The van der Waals surface area contributed by atoms with Crippen molar-refractivity contribution in [3.05, 3.63) is 23.2 Å². The standard InChI is InChI=1S/C10H15ClN2O2S/c1-10(2,3)16(14,15)13-9-5-4-7(12)6-8(9)11/h4-6,13H,12H2,1-3H3. The molecule has 1 aromatic rings. The van der Waals surface area contributed by atoms with Crippen LogP contribution in [-0.2, 0) is 10.0 Å².